The van der Waals surface area contributed by atoms with Crippen molar-refractivity contribution in [2.75, 3.05) is 27.4 Å². The Balaban J connectivity index is 1.57. The van der Waals surface area contributed by atoms with Gasteiger partial charge in [0.1, 0.15) is 16.8 Å². The zero-order valence-corrected chi connectivity index (χ0v) is 20.8. The van der Waals surface area contributed by atoms with Crippen molar-refractivity contribution < 1.29 is 19.0 Å². The maximum Gasteiger partial charge on any atom is 0.267 e. The van der Waals surface area contributed by atoms with Crippen molar-refractivity contribution in [3.8, 4) is 11.5 Å². The van der Waals surface area contributed by atoms with Crippen molar-refractivity contribution in [3.05, 3.63) is 75.6 Å². The first-order chi connectivity index (χ1) is 18.0. The first kappa shape index (κ1) is 24.5. The van der Waals surface area contributed by atoms with Crippen LogP contribution in [0.15, 0.2) is 53.5 Å². The third-order valence-corrected chi connectivity index (χ3v) is 6.65. The summed E-state index contributed by atoms with van der Waals surface area (Å²) >= 11 is 0. The number of ether oxygens (including phenoxy) is 3. The minimum absolute atomic E-state index is 0.00926. The van der Waals surface area contributed by atoms with Crippen LogP contribution in [0.2, 0.25) is 0 Å². The molecule has 10 nitrogen and oxygen atoms in total. The molecule has 1 aliphatic rings. The predicted octanol–water partition coefficient (Wildman–Crippen LogP) is 2.30. The van der Waals surface area contributed by atoms with E-state index in [9.17, 15) is 9.59 Å². The summed E-state index contributed by atoms with van der Waals surface area (Å²) in [6.07, 6.45) is 3.97. The van der Waals surface area contributed by atoms with E-state index >= 15 is 0 Å². The lowest BCUT2D eigenvalue weighted by atomic mass is 10.1. The number of carbonyl (C=O) groups excluding carboxylic acids is 1. The molecule has 0 unspecified atom stereocenters. The van der Waals surface area contributed by atoms with Gasteiger partial charge in [-0.25, -0.2) is 4.98 Å². The highest BCUT2D eigenvalue weighted by Gasteiger charge is 2.20. The summed E-state index contributed by atoms with van der Waals surface area (Å²) in [7, 11) is 3.16. The van der Waals surface area contributed by atoms with E-state index in [1.54, 1.807) is 43.2 Å². The number of methoxy groups -OCH3 is 2. The van der Waals surface area contributed by atoms with Crippen LogP contribution >= 0.6 is 0 Å². The average molecular weight is 504 g/mol. The fraction of sp³-hybridized carbons (Fsp3) is 0.333. The topological polar surface area (TPSA) is 120 Å². The van der Waals surface area contributed by atoms with E-state index in [0.717, 1.165) is 18.4 Å². The van der Waals surface area contributed by atoms with E-state index in [2.05, 4.69) is 5.32 Å². The number of hydrogen-bond acceptors (Lipinski definition) is 7. The summed E-state index contributed by atoms with van der Waals surface area (Å²) in [6, 6.07) is 12.4. The Morgan fingerprint density at radius 1 is 1.19 bits per heavy atom. The second-order valence-electron chi connectivity index (χ2n) is 8.93. The average Bonchev–Trinajstić information content (AvgIpc) is 3.45. The molecule has 1 atom stereocenters. The second-order valence-corrected chi connectivity index (χ2v) is 8.93. The zero-order chi connectivity index (χ0) is 25.9. The molecule has 10 heteroatoms. The number of amides is 1. The standard InChI is InChI=1S/C27H29N5O5/c1-35-21-9-8-17(14-22(21)36-2)10-12-32-24(28)19(26(33)29-16-18-6-5-13-37-18)15-20-25(32)30-23-7-3-4-11-31(23)27(20)34/h3-4,7-9,11,14-15,18,28H,5-6,10,12-13,16H2,1-2H3,(H,29,33)/t18-/m0/s1. The van der Waals surface area contributed by atoms with E-state index in [0.29, 0.717) is 48.9 Å². The van der Waals surface area contributed by atoms with E-state index in [1.165, 1.54) is 10.5 Å². The van der Waals surface area contributed by atoms with Crippen LogP contribution in [-0.2, 0) is 17.7 Å². The van der Waals surface area contributed by atoms with Gasteiger partial charge in [0, 0.05) is 25.9 Å². The molecule has 0 bridgehead atoms. The molecule has 1 aliphatic heterocycles. The minimum Gasteiger partial charge on any atom is -0.493 e. The summed E-state index contributed by atoms with van der Waals surface area (Å²) in [5, 5.41) is 12.1. The number of aromatic nitrogens is 3. The second kappa shape index (κ2) is 10.4. The smallest absolute Gasteiger partial charge is 0.267 e. The summed E-state index contributed by atoms with van der Waals surface area (Å²) < 4.78 is 19.4. The number of fused-ring (bicyclic) bond motifs is 2. The van der Waals surface area contributed by atoms with Gasteiger partial charge in [0.25, 0.3) is 11.5 Å². The minimum atomic E-state index is -0.417. The van der Waals surface area contributed by atoms with E-state index in [-0.39, 0.29) is 28.1 Å². The lowest BCUT2D eigenvalue weighted by Gasteiger charge is -2.16. The van der Waals surface area contributed by atoms with E-state index in [4.69, 9.17) is 24.6 Å². The molecule has 5 rings (SSSR count). The van der Waals surface area contributed by atoms with Gasteiger partial charge in [-0.2, -0.15) is 0 Å². The molecule has 0 radical (unpaired) electrons. The quantitative estimate of drug-likeness (QED) is 0.356. The van der Waals surface area contributed by atoms with Gasteiger partial charge < -0.3 is 24.1 Å². The van der Waals surface area contributed by atoms with Crippen LogP contribution in [-0.4, -0.2) is 53.3 Å². The van der Waals surface area contributed by atoms with Gasteiger partial charge in [-0.1, -0.05) is 12.1 Å². The monoisotopic (exact) mass is 503 g/mol. The highest BCUT2D eigenvalue weighted by molar-refractivity contribution is 5.96. The molecule has 4 heterocycles. The number of nitrogens with zero attached hydrogens (tertiary/aromatic N) is 3. The summed E-state index contributed by atoms with van der Waals surface area (Å²) in [5.41, 5.74) is 1.59. The first-order valence-corrected chi connectivity index (χ1v) is 12.2. The first-order valence-electron chi connectivity index (χ1n) is 12.2. The molecule has 0 spiro atoms. The molecule has 1 aromatic carbocycles. The van der Waals surface area contributed by atoms with Crippen LogP contribution < -0.4 is 25.8 Å². The van der Waals surface area contributed by atoms with Crippen molar-refractivity contribution in [2.45, 2.75) is 31.9 Å². The third kappa shape index (κ3) is 4.79. The Bertz CT molecular complexity index is 1590. The Labute approximate surface area is 212 Å². The van der Waals surface area contributed by atoms with Crippen LogP contribution in [0.3, 0.4) is 0 Å². The van der Waals surface area contributed by atoms with Crippen LogP contribution in [0.25, 0.3) is 16.7 Å². The molecule has 1 fully saturated rings. The molecule has 0 aliphatic carbocycles. The van der Waals surface area contributed by atoms with Crippen molar-refractivity contribution in [3.63, 3.8) is 0 Å². The molecule has 4 aromatic rings. The summed E-state index contributed by atoms with van der Waals surface area (Å²) in [6.45, 7) is 1.37. The molecule has 0 saturated carbocycles. The molecule has 2 N–H and O–H groups in total. The molecule has 1 saturated heterocycles. The van der Waals surface area contributed by atoms with Crippen molar-refractivity contribution >= 4 is 22.6 Å². The number of hydrogen-bond donors (Lipinski definition) is 2. The molecule has 37 heavy (non-hydrogen) atoms. The third-order valence-electron chi connectivity index (χ3n) is 6.65. The Morgan fingerprint density at radius 3 is 2.78 bits per heavy atom. The molecular formula is C27H29N5O5. The highest BCUT2D eigenvalue weighted by atomic mass is 16.5. The summed E-state index contributed by atoms with van der Waals surface area (Å²) in [4.78, 5) is 31.2. The molecule has 192 valence electrons. The maximum atomic E-state index is 13.4. The van der Waals surface area contributed by atoms with Crippen LogP contribution in [0.5, 0.6) is 11.5 Å². The van der Waals surface area contributed by atoms with Crippen molar-refractivity contribution in [1.82, 2.24) is 19.3 Å². The zero-order valence-electron chi connectivity index (χ0n) is 20.8. The Morgan fingerprint density at radius 2 is 2.03 bits per heavy atom. The molecule has 1 amide bonds. The van der Waals surface area contributed by atoms with Crippen LogP contribution in [0, 0.1) is 5.41 Å². The van der Waals surface area contributed by atoms with Gasteiger partial charge in [-0.15, -0.1) is 0 Å². The van der Waals surface area contributed by atoms with Gasteiger partial charge in [-0.05, 0) is 55.2 Å². The van der Waals surface area contributed by atoms with Crippen molar-refractivity contribution in [1.29, 1.82) is 5.41 Å². The summed E-state index contributed by atoms with van der Waals surface area (Å²) in [5.74, 6) is 0.807. The van der Waals surface area contributed by atoms with Gasteiger partial charge in [0.05, 0.1) is 31.3 Å². The van der Waals surface area contributed by atoms with Crippen LogP contribution in [0.4, 0.5) is 0 Å². The van der Waals surface area contributed by atoms with Crippen LogP contribution in [0.1, 0.15) is 28.8 Å². The Hall–Kier alpha value is -4.18. The number of benzene rings is 1. The number of rotatable bonds is 8. The Kier molecular flexibility index (Phi) is 6.91. The van der Waals surface area contributed by atoms with E-state index < -0.39 is 5.91 Å². The lowest BCUT2D eigenvalue weighted by Crippen LogP contribution is -2.38. The largest absolute Gasteiger partial charge is 0.493 e. The maximum absolute atomic E-state index is 13.4. The number of nitrogens with one attached hydrogen (secondary N) is 2. The van der Waals surface area contributed by atoms with E-state index in [1.807, 2.05) is 18.2 Å². The predicted molar refractivity (Wildman–Crippen MR) is 137 cm³/mol. The lowest BCUT2D eigenvalue weighted by molar-refractivity contribution is 0.0856. The fourth-order valence-electron chi connectivity index (χ4n) is 4.66. The van der Waals surface area contributed by atoms with Crippen molar-refractivity contribution in [2.24, 2.45) is 0 Å². The fourth-order valence-corrected chi connectivity index (χ4v) is 4.66. The number of aryl methyl sites for hydroxylation is 2. The molecule has 3 aromatic heterocycles. The number of carbonyl (C=O) groups is 1. The molecular weight excluding hydrogens is 474 g/mol. The number of pyridine rings is 2. The van der Waals surface area contributed by atoms with Gasteiger partial charge in [0.15, 0.2) is 11.5 Å². The van der Waals surface area contributed by atoms with Gasteiger partial charge in [0.2, 0.25) is 0 Å². The highest BCUT2D eigenvalue weighted by Crippen LogP contribution is 2.28. The normalized spacial score (nSPS) is 15.2. The van der Waals surface area contributed by atoms with Gasteiger partial charge in [-0.3, -0.25) is 19.4 Å². The van der Waals surface area contributed by atoms with Gasteiger partial charge >= 0.3 is 0 Å². The SMILES string of the molecule is COc1ccc(CCn2c(=N)c(C(=O)NC[C@@H]3CCCO3)cc3c(=O)n4ccccc4nc32)cc1OC.